The van der Waals surface area contributed by atoms with E-state index in [1.54, 1.807) is 34.4 Å². The number of rotatable bonds is 6. The second-order valence-corrected chi connectivity index (χ2v) is 10.2. The van der Waals surface area contributed by atoms with E-state index in [2.05, 4.69) is 10.3 Å². The minimum atomic E-state index is -0.938. The van der Waals surface area contributed by atoms with Crippen LogP contribution in [0.4, 0.5) is 5.95 Å². The van der Waals surface area contributed by atoms with Crippen molar-refractivity contribution in [2.45, 2.75) is 6.54 Å². The van der Waals surface area contributed by atoms with Crippen LogP contribution in [-0.2, 0) is 11.3 Å². The summed E-state index contributed by atoms with van der Waals surface area (Å²) in [6.07, 6.45) is 3.13. The molecule has 1 aliphatic heterocycles. The summed E-state index contributed by atoms with van der Waals surface area (Å²) < 4.78 is 4.70. The maximum atomic E-state index is 12.8. The number of nitrogens with zero attached hydrogens (tertiary/aromatic N) is 3. The van der Waals surface area contributed by atoms with Gasteiger partial charge >= 0.3 is 186 Å². The van der Waals surface area contributed by atoms with Gasteiger partial charge in [0.1, 0.15) is 0 Å². The Balaban J connectivity index is 2.02. The van der Waals surface area contributed by atoms with Crippen LogP contribution in [0.3, 0.4) is 0 Å². The van der Waals surface area contributed by atoms with E-state index < -0.39 is 59.6 Å². The van der Waals surface area contributed by atoms with Crippen molar-refractivity contribution < 1.29 is 31.4 Å². The van der Waals surface area contributed by atoms with Gasteiger partial charge in [-0.05, 0) is 0 Å². The predicted molar refractivity (Wildman–Crippen MR) is 112 cm³/mol. The van der Waals surface area contributed by atoms with E-state index in [9.17, 15) is 14.4 Å². The summed E-state index contributed by atoms with van der Waals surface area (Å²) in [5.74, 6) is -0.816. The Hall–Kier alpha value is -1.80. The molecular formula is C17H14ClI2N4O4-. The fourth-order valence-electron chi connectivity index (χ4n) is 2.30. The molecule has 8 nitrogen and oxygen atoms in total. The van der Waals surface area contributed by atoms with Gasteiger partial charge in [-0.15, -0.1) is 0 Å². The second kappa shape index (κ2) is 9.13. The van der Waals surface area contributed by atoms with Crippen LogP contribution in [0.15, 0.2) is 55.3 Å². The average molecular weight is 628 g/mol. The molecule has 2 N–H and O–H groups in total. The Bertz CT molecular complexity index is 1130. The van der Waals surface area contributed by atoms with Gasteiger partial charge in [0.2, 0.25) is 0 Å². The first-order valence-electron chi connectivity index (χ1n) is 7.76. The molecule has 28 heavy (non-hydrogen) atoms. The Labute approximate surface area is 184 Å². The fourth-order valence-corrected chi connectivity index (χ4v) is 5.31. The molecule has 0 spiro atoms. The number of hydrogen-bond acceptors (Lipinski definition) is 5. The van der Waals surface area contributed by atoms with Crippen molar-refractivity contribution in [3.63, 3.8) is 0 Å². The topological polar surface area (TPSA) is 106 Å². The van der Waals surface area contributed by atoms with Crippen molar-refractivity contribution >= 4 is 48.3 Å². The number of benzene rings is 1. The molecule has 0 bridgehead atoms. The van der Waals surface area contributed by atoms with Crippen LogP contribution < -0.4 is 38.2 Å². The molecule has 0 amide bonds. The number of alkyl halides is 1. The number of carboxylic acids is 1. The molecule has 0 saturated carbocycles. The first-order chi connectivity index (χ1) is 13.4. The van der Waals surface area contributed by atoms with Gasteiger partial charge < -0.3 is 0 Å². The van der Waals surface area contributed by atoms with Gasteiger partial charge in [-0.2, -0.15) is 0 Å². The molecule has 1 aromatic carbocycles. The van der Waals surface area contributed by atoms with E-state index in [1.807, 2.05) is 4.93 Å². The first kappa shape index (κ1) is 20.9. The predicted octanol–water partition coefficient (Wildman–Crippen LogP) is -1.36. The number of aromatic nitrogens is 3. The molecule has 11 heteroatoms. The molecule has 0 atom stereocenters. The molecule has 1 aromatic heterocycles. The molecule has 148 valence electrons. The van der Waals surface area contributed by atoms with Crippen LogP contribution in [-0.4, -0.2) is 32.3 Å². The molecule has 0 unspecified atom stereocenters. The van der Waals surface area contributed by atoms with Crippen LogP contribution in [0, 0.1) is 0 Å². The molecule has 3 rings (SSSR count). The standard InChI is InChI=1S/C17H14ClI2N4O4/c1-19-24-16(27)22-15(21-12-6-7-13(14(25)26)20-8-12)23(17(24)28)9-10-2-4-11(18)5-3-10/h2-8H,9H2,1H3,(H,25,26)(H,21,22,27)/q-1. The van der Waals surface area contributed by atoms with Gasteiger partial charge in [0.25, 0.3) is 0 Å². The van der Waals surface area contributed by atoms with E-state index in [1.165, 1.54) is 10.6 Å². The third kappa shape index (κ3) is 4.78. The zero-order chi connectivity index (χ0) is 20.3. The summed E-state index contributed by atoms with van der Waals surface area (Å²) in [4.78, 5) is 41.9. The van der Waals surface area contributed by atoms with E-state index >= 15 is 0 Å². The second-order valence-electron chi connectivity index (χ2n) is 5.45. The summed E-state index contributed by atoms with van der Waals surface area (Å²) in [7, 11) is 0. The average Bonchev–Trinajstić information content (AvgIpc) is 2.67. The van der Waals surface area contributed by atoms with Crippen molar-refractivity contribution in [1.29, 1.82) is 0 Å². The Morgan fingerprint density at radius 1 is 1.29 bits per heavy atom. The number of hydrogen-bond donors (Lipinski definition) is 2. The third-order valence-corrected chi connectivity index (χ3v) is 8.12. The first-order valence-corrected chi connectivity index (χ1v) is 13.6. The van der Waals surface area contributed by atoms with Crippen molar-refractivity contribution in [2.24, 2.45) is 0 Å². The number of anilines is 1. The number of carbonyl (C=O) groups is 1. The number of aliphatic carboxylic acids is 1. The summed E-state index contributed by atoms with van der Waals surface area (Å²) in [5, 5.41) is 12.6. The Morgan fingerprint density at radius 2 is 2.00 bits per heavy atom. The molecule has 1 aliphatic rings. The third-order valence-electron chi connectivity index (χ3n) is 3.61. The molecule has 2 heterocycles. The minimum absolute atomic E-state index is 0.123. The van der Waals surface area contributed by atoms with Crippen LogP contribution in [0.1, 0.15) is 5.56 Å². The van der Waals surface area contributed by atoms with Crippen molar-refractivity contribution in [3.8, 4) is 0 Å². The van der Waals surface area contributed by atoms with E-state index in [-0.39, 0.29) is 12.5 Å². The summed E-state index contributed by atoms with van der Waals surface area (Å²) in [6, 6.07) is 7.05. The zero-order valence-corrected chi connectivity index (χ0v) is 19.5. The van der Waals surface area contributed by atoms with Crippen molar-refractivity contribution in [1.82, 2.24) is 12.3 Å². The molecule has 2 aromatic rings. The number of halogens is 3. The van der Waals surface area contributed by atoms with Gasteiger partial charge in [0, 0.05) is 0 Å². The van der Waals surface area contributed by atoms with Gasteiger partial charge in [-0.25, -0.2) is 0 Å². The normalized spacial score (nSPS) is 13.5. The van der Waals surface area contributed by atoms with Crippen molar-refractivity contribution in [3.05, 3.63) is 77.2 Å². The molecule has 0 fully saturated rings. The molecule has 0 saturated heterocycles. The maximum absolute atomic E-state index is 12.8. The summed E-state index contributed by atoms with van der Waals surface area (Å²) in [5.41, 5.74) is 0.416. The summed E-state index contributed by atoms with van der Waals surface area (Å²) >= 11 is 4.29. The van der Waals surface area contributed by atoms with E-state index in [4.69, 9.17) is 16.7 Å². The number of allylic oxidation sites excluding steroid dienone is 3. The Morgan fingerprint density at radius 3 is 2.57 bits per heavy atom. The zero-order valence-electron chi connectivity index (χ0n) is 14.4. The van der Waals surface area contributed by atoms with Gasteiger partial charge in [0.05, 0.1) is 0 Å². The Kier molecular flexibility index (Phi) is 6.82. The monoisotopic (exact) mass is 627 g/mol. The van der Waals surface area contributed by atoms with Gasteiger partial charge in [0.15, 0.2) is 0 Å². The summed E-state index contributed by atoms with van der Waals surface area (Å²) in [6.45, 7) is 0.216. The van der Waals surface area contributed by atoms with Crippen LogP contribution in [0.5, 0.6) is 0 Å². The number of nitrogens with one attached hydrogen (secondary N) is 1. The van der Waals surface area contributed by atoms with Gasteiger partial charge in [-0.3, -0.25) is 0 Å². The van der Waals surface area contributed by atoms with E-state index in [0.29, 0.717) is 14.3 Å². The van der Waals surface area contributed by atoms with Crippen LogP contribution in [0.2, 0.25) is 5.02 Å². The number of carboxylic acid groups (broad SMARTS) is 1. The molecule has 0 aliphatic carbocycles. The van der Waals surface area contributed by atoms with Crippen molar-refractivity contribution in [2.75, 3.05) is 10.2 Å². The van der Waals surface area contributed by atoms with Gasteiger partial charge in [-0.1, -0.05) is 0 Å². The van der Waals surface area contributed by atoms with Crippen LogP contribution in [0.25, 0.3) is 0 Å². The van der Waals surface area contributed by atoms with Crippen LogP contribution >= 0.6 is 32.3 Å². The fraction of sp³-hybridized carbons (Fsp3) is 0.118. The van der Waals surface area contributed by atoms with E-state index in [0.717, 1.165) is 8.34 Å². The molecule has 0 radical (unpaired) electrons. The quantitative estimate of drug-likeness (QED) is 0.303. The molecular weight excluding hydrogens is 613 g/mol. The SMILES string of the molecule is C[I-]n1c(=O)nc(NC2=CC=C(C(=O)O)I=C2)n(Cc2ccc(Cl)cc2)c1=O.